The minimum absolute atomic E-state index is 0.0134. The number of carbonyl (C=O) groups is 1. The van der Waals surface area contributed by atoms with E-state index in [4.69, 9.17) is 12.2 Å². The second kappa shape index (κ2) is 9.63. The summed E-state index contributed by atoms with van der Waals surface area (Å²) >= 11 is 5.09. The lowest BCUT2D eigenvalue weighted by molar-refractivity contribution is -0.116. The zero-order valence-electron chi connectivity index (χ0n) is 15.0. The Hall–Kier alpha value is -3.00. The molecular weight excluding hydrogens is 367 g/mol. The van der Waals surface area contributed by atoms with Crippen molar-refractivity contribution in [3.63, 3.8) is 0 Å². The van der Waals surface area contributed by atoms with Gasteiger partial charge in [0.1, 0.15) is 11.6 Å². The van der Waals surface area contributed by atoms with Crippen molar-refractivity contribution in [2.24, 2.45) is 5.10 Å². The van der Waals surface area contributed by atoms with Crippen LogP contribution in [0.15, 0.2) is 47.6 Å². The van der Waals surface area contributed by atoms with Crippen molar-refractivity contribution in [1.29, 1.82) is 0 Å². The Morgan fingerprint density at radius 2 is 1.96 bits per heavy atom. The number of carbonyl (C=O) groups excluding carboxylic acids is 1. The van der Waals surface area contributed by atoms with Crippen LogP contribution in [-0.4, -0.2) is 21.8 Å². The lowest BCUT2D eigenvalue weighted by Gasteiger charge is -2.11. The summed E-state index contributed by atoms with van der Waals surface area (Å²) in [6, 6.07) is 10.8. The minimum atomic E-state index is -0.435. The van der Waals surface area contributed by atoms with Gasteiger partial charge in [-0.25, -0.2) is 4.39 Å². The second-order valence-electron chi connectivity index (χ2n) is 5.77. The average molecular weight is 388 g/mol. The van der Waals surface area contributed by atoms with Crippen molar-refractivity contribution in [2.75, 3.05) is 10.6 Å². The molecule has 0 saturated heterocycles. The fraction of sp³-hybridized carbons (Fsp3) is 0.211. The highest BCUT2D eigenvalue weighted by Crippen LogP contribution is 2.22. The van der Waals surface area contributed by atoms with Crippen molar-refractivity contribution in [1.82, 2.24) is 5.43 Å². The molecule has 2 rings (SSSR count). The summed E-state index contributed by atoms with van der Waals surface area (Å²) in [5.41, 5.74) is 4.27. The van der Waals surface area contributed by atoms with Gasteiger partial charge in [0.05, 0.1) is 11.4 Å². The summed E-state index contributed by atoms with van der Waals surface area (Å²) in [5.74, 6) is -0.521. The van der Waals surface area contributed by atoms with Crippen LogP contribution in [0.5, 0.6) is 5.75 Å². The number of amides is 1. The number of aromatic hydroxyl groups is 1. The summed E-state index contributed by atoms with van der Waals surface area (Å²) in [6.45, 7) is 3.59. The number of benzene rings is 2. The maximum absolute atomic E-state index is 13.6. The molecule has 0 saturated carbocycles. The first-order valence-electron chi connectivity index (χ1n) is 8.39. The Bertz CT molecular complexity index is 871. The SMILES string of the molecule is CCCC(=O)Nc1ccc(O)c(/C(C)=N/NC(=S)Nc2ccccc2F)c1. The normalized spacial score (nSPS) is 11.0. The quantitative estimate of drug-likeness (QED) is 0.260. The van der Waals surface area contributed by atoms with E-state index in [1.807, 2.05) is 6.92 Å². The number of rotatable bonds is 6. The predicted octanol–water partition coefficient (Wildman–Crippen LogP) is 3.98. The van der Waals surface area contributed by atoms with Crippen molar-refractivity contribution in [3.8, 4) is 5.75 Å². The van der Waals surface area contributed by atoms with Gasteiger partial charge in [-0.1, -0.05) is 19.1 Å². The van der Waals surface area contributed by atoms with Gasteiger partial charge in [-0.2, -0.15) is 5.10 Å². The van der Waals surface area contributed by atoms with Crippen LogP contribution in [0.1, 0.15) is 32.3 Å². The maximum atomic E-state index is 13.6. The number of hydrogen-bond acceptors (Lipinski definition) is 4. The van der Waals surface area contributed by atoms with Crippen LogP contribution in [0, 0.1) is 5.82 Å². The van der Waals surface area contributed by atoms with Gasteiger partial charge in [-0.3, -0.25) is 10.2 Å². The predicted molar refractivity (Wildman–Crippen MR) is 110 cm³/mol. The number of phenols is 1. The first-order chi connectivity index (χ1) is 12.9. The van der Waals surface area contributed by atoms with E-state index >= 15 is 0 Å². The van der Waals surface area contributed by atoms with Gasteiger partial charge in [-0.05, 0) is 55.9 Å². The van der Waals surface area contributed by atoms with E-state index in [-0.39, 0.29) is 22.5 Å². The fourth-order valence-electron chi connectivity index (χ4n) is 2.26. The molecule has 0 radical (unpaired) electrons. The highest BCUT2D eigenvalue weighted by Gasteiger charge is 2.09. The van der Waals surface area contributed by atoms with Crippen LogP contribution in [0.4, 0.5) is 15.8 Å². The number of hydrazone groups is 1. The minimum Gasteiger partial charge on any atom is -0.507 e. The largest absolute Gasteiger partial charge is 0.507 e. The first kappa shape index (κ1) is 20.3. The molecule has 4 N–H and O–H groups in total. The molecule has 0 aliphatic carbocycles. The molecule has 27 heavy (non-hydrogen) atoms. The summed E-state index contributed by atoms with van der Waals surface area (Å²) in [7, 11) is 0. The molecule has 0 atom stereocenters. The molecule has 2 aromatic carbocycles. The molecule has 0 aromatic heterocycles. The van der Waals surface area contributed by atoms with E-state index < -0.39 is 5.82 Å². The molecule has 0 heterocycles. The number of thiocarbonyl (C=S) groups is 1. The molecule has 0 aliphatic heterocycles. The van der Waals surface area contributed by atoms with Crippen LogP contribution in [-0.2, 0) is 4.79 Å². The molecule has 1 amide bonds. The topological polar surface area (TPSA) is 85.8 Å². The van der Waals surface area contributed by atoms with Crippen molar-refractivity contribution >= 4 is 40.3 Å². The number of phenolic OH excluding ortho intramolecular Hbond substituents is 1. The number of nitrogens with one attached hydrogen (secondary N) is 3. The van der Waals surface area contributed by atoms with E-state index in [1.54, 1.807) is 37.3 Å². The molecule has 142 valence electrons. The third kappa shape index (κ3) is 6.03. The van der Waals surface area contributed by atoms with E-state index in [9.17, 15) is 14.3 Å². The van der Waals surface area contributed by atoms with Crippen molar-refractivity contribution < 1.29 is 14.3 Å². The number of para-hydroxylation sites is 1. The third-order valence-electron chi connectivity index (χ3n) is 3.59. The van der Waals surface area contributed by atoms with Gasteiger partial charge in [0, 0.05) is 17.7 Å². The van der Waals surface area contributed by atoms with Crippen LogP contribution < -0.4 is 16.1 Å². The van der Waals surface area contributed by atoms with Crippen LogP contribution >= 0.6 is 12.2 Å². The highest BCUT2D eigenvalue weighted by atomic mass is 32.1. The molecule has 2 aromatic rings. The highest BCUT2D eigenvalue weighted by molar-refractivity contribution is 7.80. The lowest BCUT2D eigenvalue weighted by atomic mass is 10.1. The zero-order chi connectivity index (χ0) is 19.8. The Morgan fingerprint density at radius 3 is 2.67 bits per heavy atom. The Kier molecular flexibility index (Phi) is 7.25. The second-order valence-corrected chi connectivity index (χ2v) is 6.18. The van der Waals surface area contributed by atoms with Crippen LogP contribution in [0.3, 0.4) is 0 Å². The van der Waals surface area contributed by atoms with Crippen molar-refractivity contribution in [2.45, 2.75) is 26.7 Å². The first-order valence-corrected chi connectivity index (χ1v) is 8.80. The van der Waals surface area contributed by atoms with Crippen LogP contribution in [0.25, 0.3) is 0 Å². The average Bonchev–Trinajstić information content (AvgIpc) is 2.63. The van der Waals surface area contributed by atoms with Crippen molar-refractivity contribution in [3.05, 3.63) is 53.8 Å². The summed E-state index contributed by atoms with van der Waals surface area (Å²) in [4.78, 5) is 11.7. The third-order valence-corrected chi connectivity index (χ3v) is 3.79. The Balaban J connectivity index is 2.07. The Labute approximate surface area is 162 Å². The molecule has 8 heteroatoms. The summed E-state index contributed by atoms with van der Waals surface area (Å²) in [6.07, 6.45) is 1.16. The van der Waals surface area contributed by atoms with Crippen LogP contribution in [0.2, 0.25) is 0 Å². The zero-order valence-corrected chi connectivity index (χ0v) is 15.9. The van der Waals surface area contributed by atoms with Gasteiger partial charge >= 0.3 is 0 Å². The smallest absolute Gasteiger partial charge is 0.224 e. The van der Waals surface area contributed by atoms with Gasteiger partial charge in [0.15, 0.2) is 5.11 Å². The molecule has 0 unspecified atom stereocenters. The number of halogens is 1. The molecule has 0 bridgehead atoms. The Morgan fingerprint density at radius 1 is 1.22 bits per heavy atom. The van der Waals surface area contributed by atoms with E-state index in [0.717, 1.165) is 6.42 Å². The van der Waals surface area contributed by atoms with Gasteiger partial charge < -0.3 is 15.7 Å². The molecule has 6 nitrogen and oxygen atoms in total. The number of hydrogen-bond donors (Lipinski definition) is 4. The molecular formula is C19H21FN4O2S. The molecule has 0 aliphatic rings. The monoisotopic (exact) mass is 388 g/mol. The van der Waals surface area contributed by atoms with Gasteiger partial charge in [0.25, 0.3) is 0 Å². The van der Waals surface area contributed by atoms with Gasteiger partial charge in [-0.15, -0.1) is 0 Å². The molecule has 0 fully saturated rings. The van der Waals surface area contributed by atoms with E-state index in [1.165, 1.54) is 12.1 Å². The summed E-state index contributed by atoms with van der Waals surface area (Å²) in [5, 5.41) is 19.7. The summed E-state index contributed by atoms with van der Waals surface area (Å²) < 4.78 is 13.6. The number of anilines is 2. The fourth-order valence-corrected chi connectivity index (χ4v) is 2.42. The van der Waals surface area contributed by atoms with E-state index in [2.05, 4.69) is 21.2 Å². The lowest BCUT2D eigenvalue weighted by Crippen LogP contribution is -2.25. The maximum Gasteiger partial charge on any atom is 0.224 e. The van der Waals surface area contributed by atoms with E-state index in [0.29, 0.717) is 23.4 Å². The standard InChI is InChI=1S/C19H21FN4O2S/c1-3-6-18(26)21-13-9-10-17(25)14(11-13)12(2)23-24-19(27)22-16-8-5-4-7-15(16)20/h4-5,7-11,25H,3,6H2,1-2H3,(H,21,26)(H2,22,24,27)/b23-12+. The van der Waals surface area contributed by atoms with Gasteiger partial charge in [0.2, 0.25) is 5.91 Å². The number of nitrogens with zero attached hydrogens (tertiary/aromatic N) is 1. The molecule has 0 spiro atoms.